The highest BCUT2D eigenvalue weighted by atomic mass is 16.5. The van der Waals surface area contributed by atoms with Crippen LogP contribution >= 0.6 is 0 Å². The van der Waals surface area contributed by atoms with Crippen LogP contribution in [0.2, 0.25) is 0 Å². The van der Waals surface area contributed by atoms with Crippen molar-refractivity contribution in [2.24, 2.45) is 0 Å². The van der Waals surface area contributed by atoms with Gasteiger partial charge in [0, 0.05) is 20.2 Å². The van der Waals surface area contributed by atoms with Crippen molar-refractivity contribution in [3.05, 3.63) is 0 Å². The molecule has 0 spiro atoms. The summed E-state index contributed by atoms with van der Waals surface area (Å²) in [5.41, 5.74) is 0. The van der Waals surface area contributed by atoms with Crippen LogP contribution in [-0.4, -0.2) is 43.8 Å². The standard InChI is InChI=1S/C7H14N2O2/c1-6(5-11-2)9-4-3-8-7(9)10/h6H,3-5H2,1-2H3,(H,8,10). The molecule has 0 aromatic rings. The molecule has 4 heteroatoms. The van der Waals surface area contributed by atoms with Gasteiger partial charge >= 0.3 is 6.03 Å². The summed E-state index contributed by atoms with van der Waals surface area (Å²) < 4.78 is 4.94. The first-order chi connectivity index (χ1) is 5.25. The smallest absolute Gasteiger partial charge is 0.317 e. The lowest BCUT2D eigenvalue weighted by atomic mass is 10.3. The summed E-state index contributed by atoms with van der Waals surface area (Å²) in [5.74, 6) is 0. The number of carbonyl (C=O) groups excluding carboxylic acids is 1. The Balaban J connectivity index is 2.39. The van der Waals surface area contributed by atoms with Gasteiger partial charge in [-0.15, -0.1) is 0 Å². The molecule has 1 unspecified atom stereocenters. The van der Waals surface area contributed by atoms with Gasteiger partial charge in [-0.25, -0.2) is 4.79 Å². The maximum atomic E-state index is 11.0. The third-order valence-electron chi connectivity index (χ3n) is 1.83. The van der Waals surface area contributed by atoms with E-state index < -0.39 is 0 Å². The van der Waals surface area contributed by atoms with Crippen molar-refractivity contribution in [2.75, 3.05) is 26.8 Å². The Morgan fingerprint density at radius 3 is 3.00 bits per heavy atom. The van der Waals surface area contributed by atoms with Crippen LogP contribution in [0.5, 0.6) is 0 Å². The summed E-state index contributed by atoms with van der Waals surface area (Å²) in [4.78, 5) is 12.8. The number of urea groups is 1. The van der Waals surface area contributed by atoms with E-state index in [1.54, 1.807) is 12.0 Å². The zero-order valence-electron chi connectivity index (χ0n) is 6.96. The van der Waals surface area contributed by atoms with Crippen molar-refractivity contribution in [3.8, 4) is 0 Å². The Morgan fingerprint density at radius 1 is 1.82 bits per heavy atom. The van der Waals surface area contributed by atoms with Crippen LogP contribution in [0.25, 0.3) is 0 Å². The lowest BCUT2D eigenvalue weighted by Crippen LogP contribution is -2.38. The van der Waals surface area contributed by atoms with Crippen LogP contribution in [-0.2, 0) is 4.74 Å². The SMILES string of the molecule is COCC(C)N1CCNC1=O. The molecule has 1 N–H and O–H groups in total. The predicted octanol–water partition coefficient (Wildman–Crippen LogP) is 0.0465. The molecular weight excluding hydrogens is 144 g/mol. The van der Waals surface area contributed by atoms with Gasteiger partial charge < -0.3 is 15.0 Å². The van der Waals surface area contributed by atoms with Crippen molar-refractivity contribution in [3.63, 3.8) is 0 Å². The first-order valence-corrected chi connectivity index (χ1v) is 3.79. The molecule has 1 saturated heterocycles. The fourth-order valence-corrected chi connectivity index (χ4v) is 1.24. The van der Waals surface area contributed by atoms with Gasteiger partial charge in [-0.1, -0.05) is 0 Å². The van der Waals surface area contributed by atoms with Crippen molar-refractivity contribution >= 4 is 6.03 Å². The lowest BCUT2D eigenvalue weighted by Gasteiger charge is -2.21. The molecule has 1 rings (SSSR count). The molecule has 1 heterocycles. The number of hydrogen-bond donors (Lipinski definition) is 1. The maximum absolute atomic E-state index is 11.0. The van der Waals surface area contributed by atoms with E-state index in [1.807, 2.05) is 6.92 Å². The fourth-order valence-electron chi connectivity index (χ4n) is 1.24. The van der Waals surface area contributed by atoms with E-state index >= 15 is 0 Å². The van der Waals surface area contributed by atoms with E-state index in [9.17, 15) is 4.79 Å². The summed E-state index contributed by atoms with van der Waals surface area (Å²) in [6, 6.07) is 0.206. The predicted molar refractivity (Wildman–Crippen MR) is 41.4 cm³/mol. The number of carbonyl (C=O) groups is 1. The van der Waals surface area contributed by atoms with Gasteiger partial charge in [0.05, 0.1) is 12.6 Å². The number of nitrogens with zero attached hydrogens (tertiary/aromatic N) is 1. The average molecular weight is 158 g/mol. The minimum absolute atomic E-state index is 0.0227. The Kier molecular flexibility index (Phi) is 2.70. The van der Waals surface area contributed by atoms with E-state index in [1.165, 1.54) is 0 Å². The Morgan fingerprint density at radius 2 is 2.55 bits per heavy atom. The molecular formula is C7H14N2O2. The van der Waals surface area contributed by atoms with Gasteiger partial charge in [-0.3, -0.25) is 0 Å². The number of nitrogens with one attached hydrogen (secondary N) is 1. The molecule has 0 radical (unpaired) electrons. The van der Waals surface area contributed by atoms with Gasteiger partial charge in [0.2, 0.25) is 0 Å². The number of hydrogen-bond acceptors (Lipinski definition) is 2. The molecule has 0 aliphatic carbocycles. The van der Waals surface area contributed by atoms with Gasteiger partial charge in [0.25, 0.3) is 0 Å². The van der Waals surface area contributed by atoms with Crippen molar-refractivity contribution < 1.29 is 9.53 Å². The van der Waals surface area contributed by atoms with E-state index in [4.69, 9.17) is 4.74 Å². The summed E-state index contributed by atoms with van der Waals surface area (Å²) in [6.07, 6.45) is 0. The molecule has 1 atom stereocenters. The molecule has 64 valence electrons. The highest BCUT2D eigenvalue weighted by molar-refractivity contribution is 5.76. The first-order valence-electron chi connectivity index (χ1n) is 3.79. The van der Waals surface area contributed by atoms with Crippen LogP contribution in [0.15, 0.2) is 0 Å². The van der Waals surface area contributed by atoms with Gasteiger partial charge in [-0.05, 0) is 6.92 Å². The summed E-state index contributed by atoms with van der Waals surface area (Å²) >= 11 is 0. The first kappa shape index (κ1) is 8.33. The third kappa shape index (κ3) is 1.83. The summed E-state index contributed by atoms with van der Waals surface area (Å²) in [6.45, 7) is 4.14. The minimum atomic E-state index is 0.0227. The van der Waals surface area contributed by atoms with E-state index in [0.717, 1.165) is 13.1 Å². The average Bonchev–Trinajstić information content (AvgIpc) is 2.36. The molecule has 11 heavy (non-hydrogen) atoms. The second kappa shape index (κ2) is 3.57. The van der Waals surface area contributed by atoms with Gasteiger partial charge in [0.15, 0.2) is 0 Å². The van der Waals surface area contributed by atoms with Crippen molar-refractivity contribution in [2.45, 2.75) is 13.0 Å². The van der Waals surface area contributed by atoms with Gasteiger partial charge in [0.1, 0.15) is 0 Å². The normalized spacial score (nSPS) is 20.2. The monoisotopic (exact) mass is 158 g/mol. The van der Waals surface area contributed by atoms with Crippen LogP contribution < -0.4 is 5.32 Å². The molecule has 4 nitrogen and oxygen atoms in total. The molecule has 0 bridgehead atoms. The lowest BCUT2D eigenvalue weighted by molar-refractivity contribution is 0.124. The van der Waals surface area contributed by atoms with Crippen molar-refractivity contribution in [1.29, 1.82) is 0 Å². The number of ether oxygens (including phenoxy) is 1. The Hall–Kier alpha value is -0.770. The summed E-state index contributed by atoms with van der Waals surface area (Å²) in [7, 11) is 1.64. The highest BCUT2D eigenvalue weighted by Crippen LogP contribution is 2.03. The molecule has 0 saturated carbocycles. The Labute approximate surface area is 66.5 Å². The number of methoxy groups -OCH3 is 1. The zero-order chi connectivity index (χ0) is 8.27. The highest BCUT2D eigenvalue weighted by Gasteiger charge is 2.23. The fraction of sp³-hybridized carbons (Fsp3) is 0.857. The molecule has 1 aliphatic rings. The van der Waals surface area contributed by atoms with Crippen LogP contribution in [0.3, 0.4) is 0 Å². The van der Waals surface area contributed by atoms with Crippen molar-refractivity contribution in [1.82, 2.24) is 10.2 Å². The van der Waals surface area contributed by atoms with Crippen LogP contribution in [0.1, 0.15) is 6.92 Å². The third-order valence-corrected chi connectivity index (χ3v) is 1.83. The molecule has 1 aliphatic heterocycles. The Bertz CT molecular complexity index is 149. The van der Waals surface area contributed by atoms with Crippen LogP contribution in [0, 0.1) is 0 Å². The van der Waals surface area contributed by atoms with Crippen LogP contribution in [0.4, 0.5) is 4.79 Å². The number of amides is 2. The topological polar surface area (TPSA) is 41.6 Å². The number of rotatable bonds is 3. The van der Waals surface area contributed by atoms with E-state index in [0.29, 0.717) is 6.61 Å². The minimum Gasteiger partial charge on any atom is -0.383 e. The summed E-state index contributed by atoms with van der Waals surface area (Å²) in [5, 5.41) is 2.74. The second-order valence-corrected chi connectivity index (χ2v) is 2.73. The molecule has 0 aromatic carbocycles. The molecule has 1 fully saturated rings. The second-order valence-electron chi connectivity index (χ2n) is 2.73. The molecule has 2 amide bonds. The maximum Gasteiger partial charge on any atom is 0.317 e. The molecule has 0 aromatic heterocycles. The zero-order valence-corrected chi connectivity index (χ0v) is 6.96. The van der Waals surface area contributed by atoms with Gasteiger partial charge in [-0.2, -0.15) is 0 Å². The van der Waals surface area contributed by atoms with E-state index in [2.05, 4.69) is 5.32 Å². The largest absolute Gasteiger partial charge is 0.383 e. The van der Waals surface area contributed by atoms with E-state index in [-0.39, 0.29) is 12.1 Å². The quantitative estimate of drug-likeness (QED) is 0.630.